The highest BCUT2D eigenvalue weighted by molar-refractivity contribution is 7.89. The standard InChI is InChI=1S/C19H19N3O4S/c1-20-27(24,25)18-13-12-17(26-18)19(23)21-22(16-10-6-3-7-11-16)14-15-8-4-2-5-9-15/h2-13,20H,14H2,1H3,(H,21,23). The number of hydrazine groups is 1. The summed E-state index contributed by atoms with van der Waals surface area (Å²) in [6.07, 6.45) is 0. The number of rotatable bonds is 7. The van der Waals surface area contributed by atoms with Gasteiger partial charge in [0.1, 0.15) is 0 Å². The Bertz CT molecular complexity index is 1000. The number of sulfonamides is 1. The van der Waals surface area contributed by atoms with Crippen LogP contribution in [0.2, 0.25) is 0 Å². The van der Waals surface area contributed by atoms with Crippen LogP contribution in [0, 0.1) is 0 Å². The first kappa shape index (κ1) is 18.7. The molecule has 3 aromatic rings. The van der Waals surface area contributed by atoms with Gasteiger partial charge in [-0.3, -0.25) is 15.2 Å². The molecule has 2 N–H and O–H groups in total. The van der Waals surface area contributed by atoms with Crippen LogP contribution in [0.15, 0.2) is 82.3 Å². The van der Waals surface area contributed by atoms with Crippen molar-refractivity contribution in [3.05, 3.63) is 84.1 Å². The van der Waals surface area contributed by atoms with Gasteiger partial charge in [0.2, 0.25) is 5.09 Å². The summed E-state index contributed by atoms with van der Waals surface area (Å²) >= 11 is 0. The third-order valence-electron chi connectivity index (χ3n) is 3.83. The number of hydrogen-bond donors (Lipinski definition) is 2. The zero-order valence-electron chi connectivity index (χ0n) is 14.6. The summed E-state index contributed by atoms with van der Waals surface area (Å²) in [5, 5.41) is 1.36. The molecule has 1 heterocycles. The van der Waals surface area contributed by atoms with Crippen LogP contribution in [0.1, 0.15) is 16.1 Å². The van der Waals surface area contributed by atoms with Crippen molar-refractivity contribution in [2.45, 2.75) is 11.6 Å². The van der Waals surface area contributed by atoms with E-state index < -0.39 is 15.9 Å². The van der Waals surface area contributed by atoms with Gasteiger partial charge in [-0.1, -0.05) is 48.5 Å². The second-order valence-corrected chi connectivity index (χ2v) is 7.49. The molecule has 0 unspecified atom stereocenters. The smallest absolute Gasteiger partial charge is 0.305 e. The number of benzene rings is 2. The molecule has 0 saturated heterocycles. The number of nitrogens with zero attached hydrogens (tertiary/aromatic N) is 1. The molecule has 27 heavy (non-hydrogen) atoms. The Labute approximate surface area is 157 Å². The van der Waals surface area contributed by atoms with Gasteiger partial charge in [0.15, 0.2) is 5.76 Å². The molecule has 0 aliphatic carbocycles. The molecule has 0 aliphatic rings. The van der Waals surface area contributed by atoms with Crippen LogP contribution in [0.3, 0.4) is 0 Å². The number of amides is 1. The van der Waals surface area contributed by atoms with E-state index in [1.807, 2.05) is 60.7 Å². The molecule has 0 spiro atoms. The van der Waals surface area contributed by atoms with Gasteiger partial charge in [0.25, 0.3) is 10.0 Å². The van der Waals surface area contributed by atoms with E-state index in [-0.39, 0.29) is 10.9 Å². The number of nitrogens with one attached hydrogen (secondary N) is 2. The third kappa shape index (κ3) is 4.55. The fourth-order valence-electron chi connectivity index (χ4n) is 2.43. The molecular weight excluding hydrogens is 366 g/mol. The highest BCUT2D eigenvalue weighted by Crippen LogP contribution is 2.17. The van der Waals surface area contributed by atoms with Crippen molar-refractivity contribution >= 4 is 21.6 Å². The van der Waals surface area contributed by atoms with Crippen molar-refractivity contribution in [3.63, 3.8) is 0 Å². The summed E-state index contributed by atoms with van der Waals surface area (Å²) in [4.78, 5) is 12.6. The fourth-order valence-corrected chi connectivity index (χ4v) is 3.08. The Hall–Kier alpha value is -3.10. The van der Waals surface area contributed by atoms with Crippen LogP contribution in [0.25, 0.3) is 0 Å². The Morgan fingerprint density at radius 3 is 2.22 bits per heavy atom. The van der Waals surface area contributed by atoms with E-state index in [4.69, 9.17) is 4.42 Å². The number of para-hydroxylation sites is 1. The van der Waals surface area contributed by atoms with E-state index >= 15 is 0 Å². The Morgan fingerprint density at radius 2 is 1.59 bits per heavy atom. The highest BCUT2D eigenvalue weighted by Gasteiger charge is 2.21. The van der Waals surface area contributed by atoms with E-state index in [1.54, 1.807) is 5.01 Å². The zero-order valence-corrected chi connectivity index (χ0v) is 15.4. The number of furan rings is 1. The number of carbonyl (C=O) groups is 1. The van der Waals surface area contributed by atoms with Crippen LogP contribution < -0.4 is 15.2 Å². The lowest BCUT2D eigenvalue weighted by atomic mass is 10.2. The maximum absolute atomic E-state index is 12.6. The zero-order chi connectivity index (χ0) is 19.3. The Kier molecular flexibility index (Phi) is 5.58. The van der Waals surface area contributed by atoms with Gasteiger partial charge in [-0.2, -0.15) is 0 Å². The molecule has 0 atom stereocenters. The largest absolute Gasteiger partial charge is 0.438 e. The molecule has 0 aliphatic heterocycles. The summed E-state index contributed by atoms with van der Waals surface area (Å²) in [6, 6.07) is 21.6. The molecule has 1 aromatic heterocycles. The first-order valence-corrected chi connectivity index (χ1v) is 9.69. The van der Waals surface area contributed by atoms with E-state index in [1.165, 1.54) is 19.2 Å². The van der Waals surface area contributed by atoms with Crippen molar-refractivity contribution in [2.75, 3.05) is 12.1 Å². The van der Waals surface area contributed by atoms with Crippen LogP contribution >= 0.6 is 0 Å². The van der Waals surface area contributed by atoms with Crippen molar-refractivity contribution in [2.24, 2.45) is 0 Å². The monoisotopic (exact) mass is 385 g/mol. The molecule has 0 bridgehead atoms. The Morgan fingerprint density at radius 1 is 0.963 bits per heavy atom. The van der Waals surface area contributed by atoms with Gasteiger partial charge in [-0.15, -0.1) is 0 Å². The highest BCUT2D eigenvalue weighted by atomic mass is 32.2. The minimum atomic E-state index is -3.75. The molecule has 8 heteroatoms. The first-order chi connectivity index (χ1) is 13.0. The first-order valence-electron chi connectivity index (χ1n) is 8.20. The second kappa shape index (κ2) is 8.07. The predicted molar refractivity (Wildman–Crippen MR) is 101 cm³/mol. The summed E-state index contributed by atoms with van der Waals surface area (Å²) in [6.45, 7) is 0.430. The van der Waals surface area contributed by atoms with E-state index in [0.717, 1.165) is 11.3 Å². The molecule has 1 amide bonds. The molecule has 0 radical (unpaired) electrons. The molecule has 0 fully saturated rings. The maximum atomic E-state index is 12.6. The molecule has 3 rings (SSSR count). The van der Waals surface area contributed by atoms with E-state index in [9.17, 15) is 13.2 Å². The van der Waals surface area contributed by atoms with Crippen molar-refractivity contribution in [3.8, 4) is 0 Å². The molecule has 7 nitrogen and oxygen atoms in total. The summed E-state index contributed by atoms with van der Waals surface area (Å²) in [5.74, 6) is -0.648. The fraction of sp³-hybridized carbons (Fsp3) is 0.105. The predicted octanol–water partition coefficient (Wildman–Crippen LogP) is 2.54. The second-order valence-electron chi connectivity index (χ2n) is 5.67. The van der Waals surface area contributed by atoms with Gasteiger partial charge in [0, 0.05) is 0 Å². The van der Waals surface area contributed by atoms with E-state index in [0.29, 0.717) is 6.54 Å². The lowest BCUT2D eigenvalue weighted by Crippen LogP contribution is -2.41. The van der Waals surface area contributed by atoms with Crippen molar-refractivity contribution in [1.82, 2.24) is 10.1 Å². The summed E-state index contributed by atoms with van der Waals surface area (Å²) in [5.41, 5.74) is 4.55. The molecule has 0 saturated carbocycles. The number of anilines is 1. The SMILES string of the molecule is CNS(=O)(=O)c1ccc(C(=O)NN(Cc2ccccc2)c2ccccc2)o1. The van der Waals surface area contributed by atoms with Gasteiger partial charge in [0.05, 0.1) is 12.2 Å². The average molecular weight is 385 g/mol. The van der Waals surface area contributed by atoms with Crippen LogP contribution in [-0.4, -0.2) is 21.4 Å². The minimum Gasteiger partial charge on any atom is -0.438 e. The third-order valence-corrected chi connectivity index (χ3v) is 5.11. The van der Waals surface area contributed by atoms with E-state index in [2.05, 4.69) is 10.1 Å². The quantitative estimate of drug-likeness (QED) is 0.610. The van der Waals surface area contributed by atoms with Gasteiger partial charge >= 0.3 is 5.91 Å². The summed E-state index contributed by atoms with van der Waals surface area (Å²) < 4.78 is 30.9. The lowest BCUT2D eigenvalue weighted by Gasteiger charge is -2.25. The topological polar surface area (TPSA) is 91.6 Å². The lowest BCUT2D eigenvalue weighted by molar-refractivity contribution is 0.0915. The van der Waals surface area contributed by atoms with Gasteiger partial charge < -0.3 is 4.42 Å². The van der Waals surface area contributed by atoms with Crippen molar-refractivity contribution < 1.29 is 17.6 Å². The number of hydrogen-bond acceptors (Lipinski definition) is 5. The summed E-state index contributed by atoms with van der Waals surface area (Å²) in [7, 11) is -2.48. The van der Waals surface area contributed by atoms with Crippen LogP contribution in [0.5, 0.6) is 0 Å². The maximum Gasteiger partial charge on any atom is 0.305 e. The number of carbonyl (C=O) groups excluding carboxylic acids is 1. The van der Waals surface area contributed by atoms with Crippen LogP contribution in [-0.2, 0) is 16.6 Å². The Balaban J connectivity index is 1.82. The normalized spacial score (nSPS) is 11.1. The molecule has 140 valence electrons. The van der Waals surface area contributed by atoms with Gasteiger partial charge in [-0.05, 0) is 36.9 Å². The average Bonchev–Trinajstić information content (AvgIpc) is 3.20. The minimum absolute atomic E-state index is 0.0992. The molecule has 2 aromatic carbocycles. The van der Waals surface area contributed by atoms with Crippen LogP contribution in [0.4, 0.5) is 5.69 Å². The van der Waals surface area contributed by atoms with Gasteiger partial charge in [-0.25, -0.2) is 13.1 Å². The van der Waals surface area contributed by atoms with Crippen molar-refractivity contribution in [1.29, 1.82) is 0 Å². The molecular formula is C19H19N3O4S.